The standard InChI is InChI=1S/C34H45N9O4.C17H22ClN5O.C17H24N4O3/c1-34(2,3)47-33(46)42-25-9-10-26(42)20-41(19-25)30(44)21-6-11-28(35-17-21)37-32-36-18-22-16-27(31(45)39(4)5)43(29(22)38-32)24-12-14-40(15-13-24)23-7-8-23;1-21(2)16(24)14-9-11-10-19-17(18)20-15(11)23(14)13-5-7-22(8-6-13)12-3-4-12;1-17(2,3)24-16(23)21-12-5-6-13(21)10-20(9-12)15(22)11-4-7-14(18)19-8-11/h6,11,16-18,23-26H,7-10,12-15,19-20H2,1-5H3,(H,35,36,37,38);9-10,12-13H,3-8H2,1-2H3;4,7-8,12-13H,5-6,9-10H2,1-3H3,(H2,18,19). The van der Waals surface area contributed by atoms with Crippen LogP contribution in [0.2, 0.25) is 5.28 Å². The fraction of sp³-hybridized carbons (Fsp3) is 0.588. The summed E-state index contributed by atoms with van der Waals surface area (Å²) < 4.78 is 15.3. The molecule has 27 heteroatoms. The van der Waals surface area contributed by atoms with Crippen molar-refractivity contribution in [1.29, 1.82) is 0 Å². The van der Waals surface area contributed by atoms with Crippen LogP contribution >= 0.6 is 11.6 Å². The van der Waals surface area contributed by atoms with Crippen molar-refractivity contribution in [3.8, 4) is 0 Å². The zero-order valence-corrected chi connectivity index (χ0v) is 57.2. The smallest absolute Gasteiger partial charge is 0.410 e. The number of aromatic nitrogens is 8. The molecule has 0 radical (unpaired) electrons. The Balaban J connectivity index is 0.000000151. The molecule has 6 amide bonds. The van der Waals surface area contributed by atoms with Gasteiger partial charge in [-0.15, -0.1) is 0 Å². The van der Waals surface area contributed by atoms with Gasteiger partial charge in [-0.25, -0.2) is 29.5 Å². The molecule has 12 heterocycles. The van der Waals surface area contributed by atoms with E-state index in [1.807, 2.05) is 68.4 Å². The number of hydrogen-bond donors (Lipinski definition) is 2. The Morgan fingerprint density at radius 3 is 1.28 bits per heavy atom. The van der Waals surface area contributed by atoms with E-state index >= 15 is 0 Å². The van der Waals surface area contributed by atoms with E-state index in [1.165, 1.54) is 31.9 Å². The van der Waals surface area contributed by atoms with E-state index in [2.05, 4.69) is 49.2 Å². The zero-order chi connectivity index (χ0) is 67.4. The number of anilines is 3. The second-order valence-corrected chi connectivity index (χ2v) is 29.4. The fourth-order valence-corrected chi connectivity index (χ4v) is 14.6. The molecule has 6 aliphatic heterocycles. The normalized spacial score (nSPS) is 21.8. The van der Waals surface area contributed by atoms with E-state index in [-0.39, 0.29) is 77.3 Å². The van der Waals surface area contributed by atoms with E-state index in [9.17, 15) is 28.8 Å². The van der Waals surface area contributed by atoms with Gasteiger partial charge in [0.25, 0.3) is 23.6 Å². The van der Waals surface area contributed by atoms with Crippen molar-refractivity contribution in [2.45, 2.75) is 178 Å². The van der Waals surface area contributed by atoms with E-state index < -0.39 is 11.2 Å². The number of carbonyl (C=O) groups excluding carboxylic acids is 6. The molecule has 2 saturated carbocycles. The number of hydrogen-bond acceptors (Lipinski definition) is 18. The average Bonchev–Trinajstić information content (AvgIpc) is 1.66. The average molecular weight is 1320 g/mol. The Kier molecular flexibility index (Phi) is 19.1. The van der Waals surface area contributed by atoms with Gasteiger partial charge in [0.05, 0.1) is 35.3 Å². The highest BCUT2D eigenvalue weighted by Gasteiger charge is 2.47. The first-order chi connectivity index (χ1) is 45.2. The first kappa shape index (κ1) is 66.8. The number of nitrogens with one attached hydrogen (secondary N) is 1. The minimum Gasteiger partial charge on any atom is -0.444 e. The number of ether oxygens (including phenoxy) is 2. The molecule has 4 unspecified atom stereocenters. The fourth-order valence-electron chi connectivity index (χ4n) is 14.4. The zero-order valence-electron chi connectivity index (χ0n) is 56.4. The number of rotatable bonds is 10. The second kappa shape index (κ2) is 27.1. The van der Waals surface area contributed by atoms with Gasteiger partial charge in [-0.3, -0.25) is 29.0 Å². The summed E-state index contributed by atoms with van der Waals surface area (Å²) in [6.07, 6.45) is 18.7. The van der Waals surface area contributed by atoms with Gasteiger partial charge in [0.15, 0.2) is 0 Å². The largest absolute Gasteiger partial charge is 0.444 e. The van der Waals surface area contributed by atoms with Crippen LogP contribution in [-0.4, -0.2) is 242 Å². The minimum absolute atomic E-state index is 0.00579. The van der Waals surface area contributed by atoms with Crippen LogP contribution in [0.5, 0.6) is 0 Å². The summed E-state index contributed by atoms with van der Waals surface area (Å²) in [7, 11) is 7.09. The number of piperazine rings is 2. The highest BCUT2D eigenvalue weighted by molar-refractivity contribution is 6.28. The highest BCUT2D eigenvalue weighted by atomic mass is 35.5. The highest BCUT2D eigenvalue weighted by Crippen LogP contribution is 2.39. The molecule has 6 saturated heterocycles. The van der Waals surface area contributed by atoms with Crippen molar-refractivity contribution in [2.75, 3.05) is 91.6 Å². The third kappa shape index (κ3) is 15.1. The molecule has 508 valence electrons. The molecule has 6 aromatic heterocycles. The third-order valence-electron chi connectivity index (χ3n) is 19.3. The van der Waals surface area contributed by atoms with Crippen molar-refractivity contribution >= 4 is 87.1 Å². The van der Waals surface area contributed by atoms with Crippen molar-refractivity contribution in [2.24, 2.45) is 0 Å². The molecular weight excluding hydrogens is 1230 g/mol. The van der Waals surface area contributed by atoms with Gasteiger partial charge in [-0.1, -0.05) is 0 Å². The van der Waals surface area contributed by atoms with E-state index in [4.69, 9.17) is 31.8 Å². The molecule has 0 spiro atoms. The van der Waals surface area contributed by atoms with Gasteiger partial charge in [0.2, 0.25) is 11.2 Å². The maximum absolute atomic E-state index is 13.5. The summed E-state index contributed by atoms with van der Waals surface area (Å²) in [4.78, 5) is 119. The lowest BCUT2D eigenvalue weighted by atomic mass is 10.0. The minimum atomic E-state index is -0.562. The number of nitrogens with two attached hydrogens (primary N) is 1. The number of amides is 6. The number of piperidine rings is 2. The van der Waals surface area contributed by atoms with Crippen LogP contribution in [0.25, 0.3) is 22.1 Å². The Hall–Kier alpha value is -8.23. The Bertz CT molecular complexity index is 3790. The summed E-state index contributed by atoms with van der Waals surface area (Å²) in [5.74, 6) is 1.04. The van der Waals surface area contributed by atoms with Gasteiger partial charge in [-0.05, 0) is 167 Å². The summed E-state index contributed by atoms with van der Waals surface area (Å²) in [5, 5.41) is 5.10. The lowest BCUT2D eigenvalue weighted by Gasteiger charge is -2.41. The molecule has 14 rings (SSSR count). The molecule has 2 aliphatic carbocycles. The van der Waals surface area contributed by atoms with Gasteiger partial charge >= 0.3 is 12.2 Å². The Morgan fingerprint density at radius 1 is 0.505 bits per heavy atom. The molecule has 8 aliphatic rings. The molecule has 3 N–H and O–H groups in total. The molecule has 4 bridgehead atoms. The molecule has 0 aromatic carbocycles. The van der Waals surface area contributed by atoms with Crippen LogP contribution < -0.4 is 11.1 Å². The van der Waals surface area contributed by atoms with Crippen LogP contribution in [0.4, 0.5) is 27.2 Å². The van der Waals surface area contributed by atoms with E-state index in [0.29, 0.717) is 66.3 Å². The quantitative estimate of drug-likeness (QED) is 0.121. The van der Waals surface area contributed by atoms with E-state index in [1.54, 1.807) is 85.7 Å². The number of pyridine rings is 2. The van der Waals surface area contributed by atoms with E-state index in [0.717, 1.165) is 112 Å². The van der Waals surface area contributed by atoms with Crippen LogP contribution in [0, 0.1) is 0 Å². The number of nitrogens with zero attached hydrogens (tertiary/aromatic N) is 16. The van der Waals surface area contributed by atoms with Crippen LogP contribution in [0.3, 0.4) is 0 Å². The Morgan fingerprint density at radius 2 is 0.905 bits per heavy atom. The number of nitrogen functional groups attached to an aromatic ring is 1. The van der Waals surface area contributed by atoms with Crippen LogP contribution in [-0.2, 0) is 9.47 Å². The number of halogens is 1. The lowest BCUT2D eigenvalue weighted by Crippen LogP contribution is -2.57. The maximum Gasteiger partial charge on any atom is 0.410 e. The van der Waals surface area contributed by atoms with Gasteiger partial charge in [-0.2, -0.15) is 9.97 Å². The summed E-state index contributed by atoms with van der Waals surface area (Å²) in [6, 6.07) is 12.5. The molecular formula is C68H91ClN18O8. The van der Waals surface area contributed by atoms with Crippen LogP contribution in [0.1, 0.15) is 172 Å². The van der Waals surface area contributed by atoms with Gasteiger partial charge < -0.3 is 59.1 Å². The first-order valence-corrected chi connectivity index (χ1v) is 34.0. The molecule has 6 aromatic rings. The third-order valence-corrected chi connectivity index (χ3v) is 19.4. The van der Waals surface area contributed by atoms with Crippen molar-refractivity contribution < 1.29 is 38.2 Å². The summed E-state index contributed by atoms with van der Waals surface area (Å²) in [6.45, 7) is 17.4. The second-order valence-electron chi connectivity index (χ2n) is 29.1. The Labute approximate surface area is 559 Å². The number of likely N-dealkylation sites (tertiary alicyclic amines) is 4. The number of fused-ring (bicyclic) bond motifs is 6. The predicted molar refractivity (Wildman–Crippen MR) is 360 cm³/mol. The molecule has 4 atom stereocenters. The van der Waals surface area contributed by atoms with Crippen LogP contribution in [0.15, 0.2) is 61.2 Å². The van der Waals surface area contributed by atoms with Gasteiger partial charge in [0.1, 0.15) is 45.5 Å². The predicted octanol–water partition coefficient (Wildman–Crippen LogP) is 8.77. The molecule has 95 heavy (non-hydrogen) atoms. The van der Waals surface area contributed by atoms with Crippen molar-refractivity contribution in [1.82, 2.24) is 78.2 Å². The van der Waals surface area contributed by atoms with Crippen molar-refractivity contribution in [3.63, 3.8) is 0 Å². The monoisotopic (exact) mass is 1320 g/mol. The maximum atomic E-state index is 13.5. The topological polar surface area (TPSA) is 272 Å². The molecule has 8 fully saturated rings. The lowest BCUT2D eigenvalue weighted by molar-refractivity contribution is -0.00386. The summed E-state index contributed by atoms with van der Waals surface area (Å²) >= 11 is 6.01. The van der Waals surface area contributed by atoms with Gasteiger partial charge in [0, 0.05) is 140 Å². The first-order valence-electron chi connectivity index (χ1n) is 33.6. The van der Waals surface area contributed by atoms with Crippen molar-refractivity contribution in [3.05, 3.63) is 89.0 Å². The number of carbonyl (C=O) groups is 6. The SMILES string of the molecule is CC(C)(C)OC(=O)N1C2CCC1CN(C(=O)c1ccc(N)nc1)C2.CN(C)C(=O)c1cc2cnc(Cl)nc2n1C1CCN(C2CC2)CC1.CN(C)C(=O)c1cc2cnc(Nc3ccc(C(=O)N4CC5CCC(C4)N5C(=O)OC(C)(C)C)cn3)nc2n1C1CCN(C2CC2)CC1. The summed E-state index contributed by atoms with van der Waals surface area (Å²) in [5.41, 5.74) is 8.29. The molecule has 26 nitrogen and oxygen atoms in total.